The van der Waals surface area contributed by atoms with Gasteiger partial charge in [0.15, 0.2) is 17.4 Å². The number of aliphatic hydroxyl groups is 1. The monoisotopic (exact) mass is 1080 g/mol. The highest BCUT2D eigenvalue weighted by Crippen LogP contribution is 2.58. The van der Waals surface area contributed by atoms with E-state index in [-0.39, 0.29) is 152 Å². The van der Waals surface area contributed by atoms with Crippen molar-refractivity contribution >= 4 is 5.97 Å². The zero-order chi connectivity index (χ0) is 52.4. The molecule has 0 aromatic rings. The van der Waals surface area contributed by atoms with E-state index in [1.54, 1.807) is 0 Å². The number of nitrogens with two attached hydrogens (primary N) is 1. The van der Waals surface area contributed by atoms with Gasteiger partial charge in [-0.15, -0.1) is 0 Å². The Morgan fingerprint density at radius 2 is 1.18 bits per heavy atom. The summed E-state index contributed by atoms with van der Waals surface area (Å²) in [7, 11) is 0. The lowest BCUT2D eigenvalue weighted by molar-refractivity contribution is -0.371. The summed E-state index contributed by atoms with van der Waals surface area (Å²) in [5, 5.41) is 11.0. The van der Waals surface area contributed by atoms with E-state index in [9.17, 15) is 9.90 Å². The van der Waals surface area contributed by atoms with Gasteiger partial charge >= 0.3 is 5.97 Å². The molecule has 16 heterocycles. The smallest absolute Gasteiger partial charge is 0.308 e. The summed E-state index contributed by atoms with van der Waals surface area (Å²) >= 11 is 0. The van der Waals surface area contributed by atoms with Crippen LogP contribution in [-0.2, 0) is 75.8 Å². The SMILES string of the molecule is C=C1C[C@@H]2CC[C@@]34CC5O[C@H]6[C@@H](O3)[C@H]3O[C@H](CC[C@@H]3O[C@H]6C5O4)CC(=O)O[C@@H]3[C@@H](C)[C@@H]4O[C@@H]5C[C@]6(C[C@@H]7O[C@]8(C[C@H](C)[C@@H]9O[C@H](CCN)[C@H](O)C[C@@H]9O8)C[C@H](C)[C@@H]7O6)O[C@@H]5C[C@@H]4O[C@H]3C[C@H]3O[C@@H](CC[C@@H]1O2)C[C@@H](C)C3=C. The van der Waals surface area contributed by atoms with Crippen LogP contribution in [0.5, 0.6) is 0 Å². The maximum absolute atomic E-state index is 14.6. The average Bonchev–Trinajstić information content (AvgIpc) is 4.34. The number of ether oxygens (including phenoxy) is 15. The fraction of sp³-hybridized carbons (Fsp3) is 0.915. The van der Waals surface area contributed by atoms with E-state index in [1.165, 1.54) is 0 Å². The van der Waals surface area contributed by atoms with Crippen molar-refractivity contribution in [2.24, 2.45) is 29.4 Å². The van der Waals surface area contributed by atoms with Crippen LogP contribution in [0, 0.1) is 23.7 Å². The van der Waals surface area contributed by atoms with Crippen LogP contribution >= 0.6 is 0 Å². The van der Waals surface area contributed by atoms with E-state index in [1.807, 2.05) is 0 Å². The molecule has 0 aromatic heterocycles. The average molecular weight is 1080 g/mol. The Morgan fingerprint density at radius 1 is 0.506 bits per heavy atom. The Kier molecular flexibility index (Phi) is 13.2. The molecule has 2 unspecified atom stereocenters. The molecule has 16 rings (SSSR count). The molecule has 0 aliphatic carbocycles. The second-order valence-corrected chi connectivity index (χ2v) is 27.0. The third kappa shape index (κ3) is 8.95. The summed E-state index contributed by atoms with van der Waals surface area (Å²) in [6, 6.07) is 0. The van der Waals surface area contributed by atoms with Gasteiger partial charge in [-0.3, -0.25) is 4.79 Å². The summed E-state index contributed by atoms with van der Waals surface area (Å²) < 4.78 is 104. The first-order valence-corrected chi connectivity index (χ1v) is 30.3. The highest BCUT2D eigenvalue weighted by atomic mass is 16.8. The molecule has 31 atom stereocenters. The van der Waals surface area contributed by atoms with Crippen LogP contribution < -0.4 is 5.73 Å². The molecule has 16 fully saturated rings. The Bertz CT molecular complexity index is 2290. The van der Waals surface area contributed by atoms with Crippen LogP contribution in [0.15, 0.2) is 24.3 Å². The van der Waals surface area contributed by atoms with E-state index in [0.717, 1.165) is 49.7 Å². The van der Waals surface area contributed by atoms with Crippen molar-refractivity contribution in [2.75, 3.05) is 6.54 Å². The van der Waals surface area contributed by atoms with Crippen LogP contribution in [-0.4, -0.2) is 181 Å². The van der Waals surface area contributed by atoms with Gasteiger partial charge < -0.3 is 81.9 Å². The van der Waals surface area contributed by atoms with Crippen molar-refractivity contribution in [3.05, 3.63) is 24.3 Å². The molecular formula is C59H85NO17. The summed E-state index contributed by atoms with van der Waals surface area (Å²) in [5.41, 5.74) is 8.04. The normalized spacial score (nSPS) is 58.6. The van der Waals surface area contributed by atoms with Crippen molar-refractivity contribution in [3.8, 4) is 0 Å². The standard InChI is InChI=1S/C59H85NO17/c1-26-15-32-7-9-36-27(2)16-34(63-36)11-13-57-24-45-53(76-57)54-55(70-45)56(77-57)52-38(68-54)10-8-33(65-52)17-47(62)71-51-31(6)50-42(66-41(51)19-39(64-32)30(26)5)20-40-44(69-50)23-59(72-40)25-46-49(75-59)29(4)22-58(74-46)21-28(3)48-43(73-58)18-35(61)37(67-48)12-14-60/h26,28-29,31-46,48-56,61H,2,5,7-25,60H2,1,3-4,6H3/t26-,28+,29+,31+,32+,33-,34+,35-,36+,37-,38+,39-,40-,41+,42+,43+,44-,45?,46+,48+,49+,50+,51-,52+,53?,54+,55-,56+,57+,58-,59+/m1/s1. The number of carbonyl (C=O) groups is 1. The van der Waals surface area contributed by atoms with E-state index in [2.05, 4.69) is 40.9 Å². The highest BCUT2D eigenvalue weighted by Gasteiger charge is 2.70. The van der Waals surface area contributed by atoms with E-state index >= 15 is 0 Å². The lowest BCUT2D eigenvalue weighted by Gasteiger charge is -2.54. The predicted octanol–water partition coefficient (Wildman–Crippen LogP) is 5.53. The van der Waals surface area contributed by atoms with Gasteiger partial charge in [-0.05, 0) is 86.8 Å². The Balaban J connectivity index is 0.664. The zero-order valence-corrected chi connectivity index (χ0v) is 45.6. The van der Waals surface area contributed by atoms with E-state index < -0.39 is 47.9 Å². The van der Waals surface area contributed by atoms with Gasteiger partial charge in [0, 0.05) is 63.7 Å². The number of hydrogen-bond acceptors (Lipinski definition) is 18. The lowest BCUT2D eigenvalue weighted by Crippen LogP contribution is -2.62. The number of rotatable bonds is 2. The second kappa shape index (κ2) is 19.4. The van der Waals surface area contributed by atoms with Crippen molar-refractivity contribution < 1.29 is 81.0 Å². The lowest BCUT2D eigenvalue weighted by atomic mass is 9.78. The van der Waals surface area contributed by atoms with E-state index in [4.69, 9.17) is 76.8 Å². The minimum absolute atomic E-state index is 0.00844. The summed E-state index contributed by atoms with van der Waals surface area (Å²) in [4.78, 5) is 14.6. The molecule has 428 valence electrons. The predicted molar refractivity (Wildman–Crippen MR) is 270 cm³/mol. The van der Waals surface area contributed by atoms with Gasteiger partial charge in [0.25, 0.3) is 0 Å². The molecular weight excluding hydrogens is 995 g/mol. The first-order chi connectivity index (χ1) is 37.1. The molecule has 16 aliphatic heterocycles. The first kappa shape index (κ1) is 52.1. The molecule has 0 amide bonds. The summed E-state index contributed by atoms with van der Waals surface area (Å²) in [6.45, 7) is 18.4. The quantitative estimate of drug-likeness (QED) is 0.258. The molecule has 3 spiro atoms. The Labute approximate surface area is 452 Å². The molecule has 16 aliphatic rings. The van der Waals surface area contributed by atoms with Crippen LogP contribution in [0.4, 0.5) is 0 Å². The maximum Gasteiger partial charge on any atom is 0.308 e. The van der Waals surface area contributed by atoms with Crippen molar-refractivity contribution in [1.29, 1.82) is 0 Å². The van der Waals surface area contributed by atoms with Gasteiger partial charge in [0.1, 0.15) is 36.6 Å². The van der Waals surface area contributed by atoms with Crippen LogP contribution in [0.3, 0.4) is 0 Å². The van der Waals surface area contributed by atoms with E-state index in [0.29, 0.717) is 77.2 Å². The largest absolute Gasteiger partial charge is 0.459 e. The maximum atomic E-state index is 14.6. The minimum atomic E-state index is -0.896. The number of esters is 1. The van der Waals surface area contributed by atoms with Crippen LogP contribution in [0.25, 0.3) is 0 Å². The number of fused-ring (bicyclic) bond motifs is 10. The molecule has 12 bridgehead atoms. The fourth-order valence-corrected chi connectivity index (χ4v) is 18.0. The summed E-state index contributed by atoms with van der Waals surface area (Å²) in [5.74, 6) is -2.55. The molecule has 0 radical (unpaired) electrons. The fourth-order valence-electron chi connectivity index (χ4n) is 18.0. The molecule has 77 heavy (non-hydrogen) atoms. The molecule has 18 heteroatoms. The minimum Gasteiger partial charge on any atom is -0.459 e. The second-order valence-electron chi connectivity index (χ2n) is 27.0. The van der Waals surface area contributed by atoms with Crippen molar-refractivity contribution in [1.82, 2.24) is 0 Å². The molecule has 16 saturated heterocycles. The first-order valence-electron chi connectivity index (χ1n) is 30.3. The number of hydrogen-bond donors (Lipinski definition) is 2. The molecule has 0 saturated carbocycles. The van der Waals surface area contributed by atoms with Crippen LogP contribution in [0.1, 0.15) is 143 Å². The molecule has 0 aromatic carbocycles. The van der Waals surface area contributed by atoms with Crippen LogP contribution in [0.2, 0.25) is 0 Å². The van der Waals surface area contributed by atoms with Gasteiger partial charge in [-0.1, -0.05) is 40.9 Å². The van der Waals surface area contributed by atoms with Gasteiger partial charge in [0.2, 0.25) is 0 Å². The van der Waals surface area contributed by atoms with Gasteiger partial charge in [-0.25, -0.2) is 0 Å². The summed E-state index contributed by atoms with van der Waals surface area (Å²) in [6.07, 6.45) is 4.94. The third-order valence-corrected chi connectivity index (χ3v) is 21.7. The Hall–Kier alpha value is -1.69. The number of carbonyl (C=O) groups excluding carboxylic acids is 1. The third-order valence-electron chi connectivity index (χ3n) is 21.7. The molecule has 18 nitrogen and oxygen atoms in total. The molecule has 3 N–H and O–H groups in total. The Morgan fingerprint density at radius 3 is 2.04 bits per heavy atom. The topological polar surface area (TPSA) is 202 Å². The number of aliphatic hydroxyl groups excluding tert-OH is 1. The van der Waals surface area contributed by atoms with Crippen molar-refractivity contribution in [3.63, 3.8) is 0 Å². The highest BCUT2D eigenvalue weighted by molar-refractivity contribution is 5.70. The van der Waals surface area contributed by atoms with Crippen molar-refractivity contribution in [2.45, 2.75) is 307 Å². The van der Waals surface area contributed by atoms with Gasteiger partial charge in [0.05, 0.1) is 116 Å². The van der Waals surface area contributed by atoms with Gasteiger partial charge in [-0.2, -0.15) is 0 Å². The zero-order valence-electron chi connectivity index (χ0n) is 45.6.